The number of aromatic nitrogens is 2. The predicted molar refractivity (Wildman–Crippen MR) is 172 cm³/mol. The lowest BCUT2D eigenvalue weighted by atomic mass is 9.90. The van der Waals surface area contributed by atoms with Crippen LogP contribution in [-0.2, 0) is 20.7 Å². The molecule has 45 heavy (non-hydrogen) atoms. The number of carbonyl (C=O) groups excluding carboxylic acids is 2. The van der Waals surface area contributed by atoms with Crippen LogP contribution >= 0.6 is 11.3 Å². The lowest BCUT2D eigenvalue weighted by molar-refractivity contribution is -0.131. The van der Waals surface area contributed by atoms with Crippen LogP contribution in [-0.4, -0.2) is 79.7 Å². The molecule has 2 aromatic heterocycles. The number of benzene rings is 2. The molecule has 0 bridgehead atoms. The van der Waals surface area contributed by atoms with Crippen molar-refractivity contribution in [3.63, 3.8) is 0 Å². The van der Waals surface area contributed by atoms with E-state index in [1.807, 2.05) is 23.6 Å². The van der Waals surface area contributed by atoms with E-state index in [2.05, 4.69) is 26.9 Å². The van der Waals surface area contributed by atoms with E-state index in [1.54, 1.807) is 45.8 Å². The maximum Gasteiger partial charge on any atom is 0.407 e. The largest absolute Gasteiger partial charge is 0.490 e. The number of halogens is 1. The number of fused-ring (bicyclic) bond motifs is 2. The zero-order valence-electron chi connectivity index (χ0n) is 26.1. The van der Waals surface area contributed by atoms with Crippen LogP contribution in [0, 0.1) is 5.82 Å². The number of carbonyl (C=O) groups is 2. The van der Waals surface area contributed by atoms with Gasteiger partial charge in [-0.2, -0.15) is 0 Å². The molecule has 1 aliphatic rings. The van der Waals surface area contributed by atoms with Gasteiger partial charge in [-0.05, 0) is 68.0 Å². The Bertz CT molecular complexity index is 1690. The standard InChI is InChI=1S/C33H38FN5O5S/c1-33(2,3)44-32(41)36-13-14-42-15-16-43-26-19-22(34)8-9-23(26)28-30-24(11-17-45-30)27(37-38-28)21-7-6-20-10-12-35-29(25(20)18-21)31(40)39(4)5/h6-9,11,17-19,29,35H,10,12-16H2,1-5H3,(H,36,41). The first kappa shape index (κ1) is 32.3. The van der Waals surface area contributed by atoms with E-state index in [-0.39, 0.29) is 32.3 Å². The van der Waals surface area contributed by atoms with Gasteiger partial charge in [0.1, 0.15) is 41.2 Å². The quantitative estimate of drug-likeness (QED) is 0.224. The number of alkyl carbamates (subject to hydrolysis) is 1. The molecule has 1 aliphatic heterocycles. The molecule has 2 N–H and O–H groups in total. The lowest BCUT2D eigenvalue weighted by Gasteiger charge is -2.28. The number of thiophene rings is 1. The van der Waals surface area contributed by atoms with Gasteiger partial charge in [0, 0.05) is 49.8 Å². The third-order valence-electron chi connectivity index (χ3n) is 7.14. The highest BCUT2D eigenvalue weighted by Crippen LogP contribution is 2.40. The van der Waals surface area contributed by atoms with Crippen molar-refractivity contribution >= 4 is 33.4 Å². The van der Waals surface area contributed by atoms with Crippen molar-refractivity contribution in [2.75, 3.05) is 47.0 Å². The topological polar surface area (TPSA) is 115 Å². The third-order valence-corrected chi connectivity index (χ3v) is 8.07. The first-order chi connectivity index (χ1) is 21.5. The van der Waals surface area contributed by atoms with Crippen LogP contribution in [0.5, 0.6) is 5.75 Å². The molecule has 3 heterocycles. The van der Waals surface area contributed by atoms with E-state index >= 15 is 0 Å². The highest BCUT2D eigenvalue weighted by molar-refractivity contribution is 7.17. The first-order valence-electron chi connectivity index (χ1n) is 14.8. The summed E-state index contributed by atoms with van der Waals surface area (Å²) in [6.07, 6.45) is 0.332. The van der Waals surface area contributed by atoms with E-state index in [0.717, 1.165) is 39.7 Å². The molecule has 238 valence electrons. The number of rotatable bonds is 10. The second-order valence-corrected chi connectivity index (χ2v) is 12.8. The molecule has 0 radical (unpaired) electrons. The molecule has 2 aromatic carbocycles. The third kappa shape index (κ3) is 7.75. The average Bonchev–Trinajstić information content (AvgIpc) is 3.49. The summed E-state index contributed by atoms with van der Waals surface area (Å²) in [5.74, 6) is -0.109. The van der Waals surface area contributed by atoms with E-state index in [4.69, 9.17) is 14.2 Å². The van der Waals surface area contributed by atoms with Gasteiger partial charge in [0.2, 0.25) is 5.91 Å². The highest BCUT2D eigenvalue weighted by atomic mass is 32.1. The minimum Gasteiger partial charge on any atom is -0.490 e. The normalized spacial score (nSPS) is 14.6. The van der Waals surface area contributed by atoms with Gasteiger partial charge >= 0.3 is 6.09 Å². The summed E-state index contributed by atoms with van der Waals surface area (Å²) in [7, 11) is 3.52. The van der Waals surface area contributed by atoms with E-state index in [9.17, 15) is 14.0 Å². The summed E-state index contributed by atoms with van der Waals surface area (Å²) < 4.78 is 31.9. The number of amides is 2. The molecule has 1 atom stereocenters. The second-order valence-electron chi connectivity index (χ2n) is 11.9. The Morgan fingerprint density at radius 2 is 1.87 bits per heavy atom. The van der Waals surface area contributed by atoms with Crippen molar-refractivity contribution in [2.24, 2.45) is 0 Å². The van der Waals surface area contributed by atoms with Gasteiger partial charge in [0.05, 0.1) is 17.9 Å². The zero-order valence-corrected chi connectivity index (χ0v) is 26.9. The SMILES string of the molecule is CN(C)C(=O)C1NCCc2ccc(-c3nnc(-c4ccc(F)cc4OCCOCCNC(=O)OC(C)(C)C)c4sccc34)cc21. The number of hydrogen-bond acceptors (Lipinski definition) is 9. The maximum atomic E-state index is 14.3. The van der Waals surface area contributed by atoms with Gasteiger partial charge < -0.3 is 29.7 Å². The summed E-state index contributed by atoms with van der Waals surface area (Å²) in [6, 6.07) is 12.0. The van der Waals surface area contributed by atoms with E-state index in [0.29, 0.717) is 22.7 Å². The molecule has 0 spiro atoms. The van der Waals surface area contributed by atoms with Crippen molar-refractivity contribution in [1.29, 1.82) is 0 Å². The van der Waals surface area contributed by atoms with Crippen LogP contribution < -0.4 is 15.4 Å². The Hall–Kier alpha value is -4.13. The fourth-order valence-corrected chi connectivity index (χ4v) is 6.00. The fraction of sp³-hybridized carbons (Fsp3) is 0.394. The molecular formula is C33H38FN5O5S. The minimum absolute atomic E-state index is 0.00178. The summed E-state index contributed by atoms with van der Waals surface area (Å²) in [5.41, 5.74) is 4.28. The van der Waals surface area contributed by atoms with Crippen LogP contribution in [0.1, 0.15) is 37.9 Å². The lowest BCUT2D eigenvalue weighted by Crippen LogP contribution is -2.40. The maximum absolute atomic E-state index is 14.3. The fourth-order valence-electron chi connectivity index (χ4n) is 5.11. The summed E-state index contributed by atoms with van der Waals surface area (Å²) in [5, 5.41) is 18.1. The predicted octanol–water partition coefficient (Wildman–Crippen LogP) is 5.36. The number of nitrogens with zero attached hydrogens (tertiary/aromatic N) is 3. The minimum atomic E-state index is -0.573. The van der Waals surface area contributed by atoms with Crippen molar-refractivity contribution in [2.45, 2.75) is 38.8 Å². The van der Waals surface area contributed by atoms with Crippen molar-refractivity contribution in [3.8, 4) is 28.3 Å². The van der Waals surface area contributed by atoms with Gasteiger partial charge in [-0.1, -0.05) is 12.1 Å². The highest BCUT2D eigenvalue weighted by Gasteiger charge is 2.28. The molecule has 5 rings (SSSR count). The molecule has 0 saturated carbocycles. The molecular weight excluding hydrogens is 597 g/mol. The van der Waals surface area contributed by atoms with Gasteiger partial charge in [-0.3, -0.25) is 4.79 Å². The molecule has 4 aromatic rings. The van der Waals surface area contributed by atoms with Crippen molar-refractivity contribution in [3.05, 3.63) is 64.8 Å². The number of hydrogen-bond donors (Lipinski definition) is 2. The Morgan fingerprint density at radius 3 is 2.64 bits per heavy atom. The van der Waals surface area contributed by atoms with Crippen LogP contribution in [0.3, 0.4) is 0 Å². The van der Waals surface area contributed by atoms with E-state index in [1.165, 1.54) is 23.5 Å². The van der Waals surface area contributed by atoms with Crippen LogP contribution in [0.15, 0.2) is 47.8 Å². The average molecular weight is 636 g/mol. The Morgan fingerprint density at radius 1 is 1.07 bits per heavy atom. The monoisotopic (exact) mass is 635 g/mol. The molecule has 10 nitrogen and oxygen atoms in total. The Kier molecular flexibility index (Phi) is 9.96. The molecule has 0 fully saturated rings. The first-order valence-corrected chi connectivity index (χ1v) is 15.7. The summed E-state index contributed by atoms with van der Waals surface area (Å²) >= 11 is 1.52. The summed E-state index contributed by atoms with van der Waals surface area (Å²) in [6.45, 7) is 7.07. The van der Waals surface area contributed by atoms with Crippen LogP contribution in [0.2, 0.25) is 0 Å². The molecule has 2 amide bonds. The van der Waals surface area contributed by atoms with Gasteiger partial charge in [-0.25, -0.2) is 9.18 Å². The van der Waals surface area contributed by atoms with E-state index < -0.39 is 23.6 Å². The second kappa shape index (κ2) is 13.9. The van der Waals surface area contributed by atoms with Crippen LogP contribution in [0.25, 0.3) is 32.6 Å². The number of nitrogens with one attached hydrogen (secondary N) is 2. The number of ether oxygens (including phenoxy) is 3. The zero-order chi connectivity index (χ0) is 32.1. The molecule has 1 unspecified atom stereocenters. The van der Waals surface area contributed by atoms with Crippen molar-refractivity contribution < 1.29 is 28.2 Å². The Labute approximate surface area is 265 Å². The van der Waals surface area contributed by atoms with Crippen molar-refractivity contribution in [1.82, 2.24) is 25.7 Å². The molecule has 0 saturated heterocycles. The molecule has 0 aliphatic carbocycles. The number of likely N-dealkylation sites (N-methyl/N-ethyl adjacent to an activating group) is 1. The van der Waals surface area contributed by atoms with Gasteiger partial charge in [-0.15, -0.1) is 21.5 Å². The smallest absolute Gasteiger partial charge is 0.407 e. The van der Waals surface area contributed by atoms with Gasteiger partial charge in [0.25, 0.3) is 0 Å². The summed E-state index contributed by atoms with van der Waals surface area (Å²) in [4.78, 5) is 26.3. The van der Waals surface area contributed by atoms with Crippen LogP contribution in [0.4, 0.5) is 9.18 Å². The molecule has 12 heteroatoms. The van der Waals surface area contributed by atoms with Gasteiger partial charge in [0.15, 0.2) is 0 Å². The Balaban J connectivity index is 1.32.